The number of carbonyl (C=O) groups excluding carboxylic acids is 1. The normalized spacial score (nSPS) is 27.7. The summed E-state index contributed by atoms with van der Waals surface area (Å²) in [5, 5.41) is -0.360. The largest absolute Gasteiger partial charge is 0.338 e. The fraction of sp³-hybridized carbons (Fsp3) is 0.458. The van der Waals surface area contributed by atoms with Gasteiger partial charge in [0.2, 0.25) is 15.9 Å². The summed E-state index contributed by atoms with van der Waals surface area (Å²) >= 11 is 0. The molecule has 1 heterocycles. The second kappa shape index (κ2) is 7.84. The number of rotatable bonds is 7. The second-order valence-electron chi connectivity index (χ2n) is 9.30. The van der Waals surface area contributed by atoms with Crippen LogP contribution in [0.15, 0.2) is 42.5 Å². The monoisotopic (exact) mass is 478 g/mol. The number of carbonyl (C=O) groups is 1. The standard InChI is InChI=1S/C24H25F3N2O3S/c1-14(28-33(31,32)15-9-10-15)21-11-12-29(21)23(30)18-13-24(18,27)17-6-3-2-5-16(17)22-19(25)7-4-8-20(22)26/h2-8,14-15,18,21,28H,9-13H2,1H3/t14-,18-,21-,24+/m0/s1. The number of benzene rings is 2. The number of hydrogen-bond donors (Lipinski definition) is 1. The highest BCUT2D eigenvalue weighted by Gasteiger charge is 2.63. The van der Waals surface area contributed by atoms with E-state index >= 15 is 4.39 Å². The molecule has 2 aliphatic carbocycles. The molecule has 0 bridgehead atoms. The van der Waals surface area contributed by atoms with Gasteiger partial charge in [0.1, 0.15) is 17.3 Å². The molecule has 3 aliphatic rings. The molecule has 1 N–H and O–H groups in total. The van der Waals surface area contributed by atoms with Crippen molar-refractivity contribution in [1.29, 1.82) is 0 Å². The SMILES string of the molecule is C[C@H](NS(=O)(=O)C1CC1)[C@@H]1CCN1C(=O)[C@@H]1C[C@@]1(F)c1ccccc1-c1c(F)cccc1F. The van der Waals surface area contributed by atoms with E-state index in [2.05, 4.69) is 4.72 Å². The number of sulfonamides is 1. The lowest BCUT2D eigenvalue weighted by molar-refractivity contribution is -0.142. The molecular weight excluding hydrogens is 453 g/mol. The van der Waals surface area contributed by atoms with Gasteiger partial charge >= 0.3 is 0 Å². The molecule has 1 aliphatic heterocycles. The Balaban J connectivity index is 1.35. The molecule has 3 fully saturated rings. The molecule has 0 unspecified atom stereocenters. The molecule has 2 saturated carbocycles. The van der Waals surface area contributed by atoms with E-state index in [1.165, 1.54) is 23.1 Å². The molecule has 2 aromatic rings. The molecule has 5 rings (SSSR count). The van der Waals surface area contributed by atoms with E-state index in [-0.39, 0.29) is 34.4 Å². The summed E-state index contributed by atoms with van der Waals surface area (Å²) in [4.78, 5) is 14.7. The predicted molar refractivity (Wildman–Crippen MR) is 117 cm³/mol. The Hall–Kier alpha value is -2.39. The van der Waals surface area contributed by atoms with Crippen molar-refractivity contribution in [3.63, 3.8) is 0 Å². The first kappa shape index (κ1) is 22.4. The Morgan fingerprint density at radius 3 is 2.36 bits per heavy atom. The minimum Gasteiger partial charge on any atom is -0.338 e. The lowest BCUT2D eigenvalue weighted by Crippen LogP contribution is -2.61. The van der Waals surface area contributed by atoms with Crippen molar-refractivity contribution < 1.29 is 26.4 Å². The Morgan fingerprint density at radius 2 is 1.76 bits per heavy atom. The fourth-order valence-corrected chi connectivity index (χ4v) is 6.48. The van der Waals surface area contributed by atoms with Crippen LogP contribution in [0, 0.1) is 17.6 Å². The van der Waals surface area contributed by atoms with Crippen LogP contribution in [0.4, 0.5) is 13.2 Å². The number of nitrogens with zero attached hydrogens (tertiary/aromatic N) is 1. The minimum atomic E-state index is -3.40. The van der Waals surface area contributed by atoms with Crippen LogP contribution < -0.4 is 4.72 Å². The molecule has 1 amide bonds. The van der Waals surface area contributed by atoms with Gasteiger partial charge < -0.3 is 4.90 Å². The van der Waals surface area contributed by atoms with Crippen molar-refractivity contribution in [2.75, 3.05) is 6.54 Å². The van der Waals surface area contributed by atoms with Gasteiger partial charge in [-0.15, -0.1) is 0 Å². The van der Waals surface area contributed by atoms with Crippen LogP contribution in [0.2, 0.25) is 0 Å². The number of alkyl halides is 1. The average molecular weight is 479 g/mol. The van der Waals surface area contributed by atoms with Gasteiger partial charge in [-0.05, 0) is 49.4 Å². The Morgan fingerprint density at radius 1 is 1.09 bits per heavy atom. The molecule has 4 atom stereocenters. The van der Waals surface area contributed by atoms with E-state index in [4.69, 9.17) is 0 Å². The molecular formula is C24H25F3N2O3S. The van der Waals surface area contributed by atoms with Crippen molar-refractivity contribution >= 4 is 15.9 Å². The van der Waals surface area contributed by atoms with Crippen LogP contribution in [-0.2, 0) is 20.5 Å². The lowest BCUT2D eigenvalue weighted by atomic mass is 9.92. The van der Waals surface area contributed by atoms with E-state index in [0.717, 1.165) is 12.1 Å². The van der Waals surface area contributed by atoms with Crippen molar-refractivity contribution in [3.05, 3.63) is 59.7 Å². The van der Waals surface area contributed by atoms with Gasteiger partial charge in [0.15, 0.2) is 0 Å². The number of amides is 1. The highest BCUT2D eigenvalue weighted by Crippen LogP contribution is 2.59. The summed E-state index contributed by atoms with van der Waals surface area (Å²) in [6.07, 6.45) is 1.83. The van der Waals surface area contributed by atoms with Gasteiger partial charge in [0.25, 0.3) is 0 Å². The van der Waals surface area contributed by atoms with Crippen LogP contribution in [0.1, 0.15) is 38.2 Å². The summed E-state index contributed by atoms with van der Waals surface area (Å²) < 4.78 is 72.0. The lowest BCUT2D eigenvalue weighted by Gasteiger charge is -2.44. The van der Waals surface area contributed by atoms with Crippen LogP contribution in [0.3, 0.4) is 0 Å². The first-order valence-corrected chi connectivity index (χ1v) is 12.7. The average Bonchev–Trinajstić information content (AvgIpc) is 3.62. The summed E-state index contributed by atoms with van der Waals surface area (Å²) in [6, 6.07) is 8.75. The van der Waals surface area contributed by atoms with Crippen LogP contribution in [-0.4, -0.2) is 43.1 Å². The van der Waals surface area contributed by atoms with Gasteiger partial charge in [0.05, 0.1) is 16.7 Å². The van der Waals surface area contributed by atoms with Gasteiger partial charge in [0, 0.05) is 25.0 Å². The summed E-state index contributed by atoms with van der Waals surface area (Å²) in [6.45, 7) is 2.14. The topological polar surface area (TPSA) is 66.5 Å². The maximum atomic E-state index is 16.0. The molecule has 1 saturated heterocycles. The van der Waals surface area contributed by atoms with E-state index < -0.39 is 45.2 Å². The van der Waals surface area contributed by atoms with Gasteiger partial charge in [-0.2, -0.15) is 0 Å². The minimum absolute atomic E-state index is 0.0790. The highest BCUT2D eigenvalue weighted by molar-refractivity contribution is 7.90. The van der Waals surface area contributed by atoms with Crippen molar-refractivity contribution in [3.8, 4) is 11.1 Å². The van der Waals surface area contributed by atoms with Gasteiger partial charge in [-0.1, -0.05) is 30.3 Å². The maximum absolute atomic E-state index is 16.0. The van der Waals surface area contributed by atoms with E-state index in [1.807, 2.05) is 0 Å². The van der Waals surface area contributed by atoms with Crippen molar-refractivity contribution in [1.82, 2.24) is 9.62 Å². The fourth-order valence-electron chi connectivity index (χ4n) is 4.85. The van der Waals surface area contributed by atoms with E-state index in [0.29, 0.717) is 25.8 Å². The smallest absolute Gasteiger partial charge is 0.229 e. The number of nitrogens with one attached hydrogen (secondary N) is 1. The Kier molecular flexibility index (Phi) is 5.32. The van der Waals surface area contributed by atoms with Crippen LogP contribution in [0.5, 0.6) is 0 Å². The third-order valence-corrected chi connectivity index (χ3v) is 9.09. The Labute approximate surface area is 191 Å². The Bertz CT molecular complexity index is 1200. The molecule has 0 spiro atoms. The molecule has 0 aromatic heterocycles. The molecule has 0 radical (unpaired) electrons. The third kappa shape index (κ3) is 3.85. The molecule has 5 nitrogen and oxygen atoms in total. The molecule has 33 heavy (non-hydrogen) atoms. The van der Waals surface area contributed by atoms with Gasteiger partial charge in [-0.25, -0.2) is 26.3 Å². The maximum Gasteiger partial charge on any atom is 0.229 e. The zero-order chi connectivity index (χ0) is 23.5. The first-order valence-electron chi connectivity index (χ1n) is 11.2. The third-order valence-electron chi connectivity index (χ3n) is 7.04. The summed E-state index contributed by atoms with van der Waals surface area (Å²) in [5.41, 5.74) is -2.16. The molecule has 176 valence electrons. The van der Waals surface area contributed by atoms with E-state index in [1.54, 1.807) is 19.1 Å². The quantitative estimate of drug-likeness (QED) is 0.657. The molecule has 2 aromatic carbocycles. The number of hydrogen-bond acceptors (Lipinski definition) is 3. The second-order valence-corrected chi connectivity index (χ2v) is 11.3. The highest BCUT2D eigenvalue weighted by atomic mass is 32.2. The zero-order valence-electron chi connectivity index (χ0n) is 18.1. The van der Waals surface area contributed by atoms with Crippen LogP contribution in [0.25, 0.3) is 11.1 Å². The van der Waals surface area contributed by atoms with Crippen molar-refractivity contribution in [2.24, 2.45) is 5.92 Å². The van der Waals surface area contributed by atoms with E-state index in [9.17, 15) is 22.0 Å². The zero-order valence-corrected chi connectivity index (χ0v) is 18.9. The number of likely N-dealkylation sites (tertiary alicyclic amines) is 1. The van der Waals surface area contributed by atoms with Crippen LogP contribution >= 0.6 is 0 Å². The summed E-state index contributed by atoms with van der Waals surface area (Å²) in [5.74, 6) is -2.96. The van der Waals surface area contributed by atoms with Crippen molar-refractivity contribution in [2.45, 2.75) is 55.6 Å². The first-order chi connectivity index (χ1) is 15.6. The molecule has 9 heteroatoms. The van der Waals surface area contributed by atoms with Gasteiger partial charge in [-0.3, -0.25) is 4.79 Å². The summed E-state index contributed by atoms with van der Waals surface area (Å²) in [7, 11) is -3.40. The predicted octanol–water partition coefficient (Wildman–Crippen LogP) is 3.89. The number of halogens is 3.